The fourth-order valence-corrected chi connectivity index (χ4v) is 7.75. The Bertz CT molecular complexity index is 2540. The van der Waals surface area contributed by atoms with Gasteiger partial charge in [0.15, 0.2) is 0 Å². The predicted octanol–water partition coefficient (Wildman–Crippen LogP) is 8.56. The number of unbranched alkanes of at least 4 members (excludes halogenated alkanes) is 4. The first-order valence-electron chi connectivity index (χ1n) is 27.5. The van der Waals surface area contributed by atoms with Gasteiger partial charge in [0.05, 0.1) is 37.7 Å². The molecule has 0 spiro atoms. The quantitative estimate of drug-likeness (QED) is 0.0117. The minimum atomic E-state index is -0.871. The smallest absolute Gasteiger partial charge is 0.414 e. The number of hydrogen-bond acceptors (Lipinski definition) is 16. The summed E-state index contributed by atoms with van der Waals surface area (Å²) in [6.07, 6.45) is 5.78. The van der Waals surface area contributed by atoms with E-state index >= 15 is 0 Å². The number of hydrogen-bond donors (Lipinski definition) is 10. The van der Waals surface area contributed by atoms with Gasteiger partial charge >= 0.3 is 12.2 Å². The number of nitrogens with zero attached hydrogens (tertiary/aromatic N) is 2. The molecule has 2 unspecified atom stereocenters. The van der Waals surface area contributed by atoms with E-state index in [2.05, 4.69) is 51.6 Å². The van der Waals surface area contributed by atoms with E-state index in [0.29, 0.717) is 41.8 Å². The summed E-state index contributed by atoms with van der Waals surface area (Å²) in [6, 6.07) is 32.6. The van der Waals surface area contributed by atoms with Crippen molar-refractivity contribution in [2.24, 2.45) is 0 Å². The fraction of sp³-hybridized carbons (Fsp3) is 0.468. The molecule has 19 heteroatoms. The molecule has 0 saturated heterocycles. The number of phenolic OH excluding ortho intramolecular Hbond substituents is 1. The van der Waals surface area contributed by atoms with Crippen LogP contribution in [0.15, 0.2) is 109 Å². The Labute approximate surface area is 479 Å². The zero-order chi connectivity index (χ0) is 59.7. The fourth-order valence-electron chi connectivity index (χ4n) is 7.75. The summed E-state index contributed by atoms with van der Waals surface area (Å²) >= 11 is 0. The van der Waals surface area contributed by atoms with E-state index in [1.54, 1.807) is 71.7 Å². The molecule has 446 valence electrons. The lowest BCUT2D eigenvalue weighted by molar-refractivity contribution is -0.105. The number of carbonyl (C=O) groups is 3. The number of carbonyl (C=O) groups excluding carboxylic acids is 3. The lowest BCUT2D eigenvalue weighted by atomic mass is 10.1. The van der Waals surface area contributed by atoms with Crippen molar-refractivity contribution in [2.75, 3.05) is 80.0 Å². The molecule has 0 fully saturated rings. The van der Waals surface area contributed by atoms with Crippen LogP contribution in [0, 0.1) is 0 Å². The highest BCUT2D eigenvalue weighted by atomic mass is 16.6. The monoisotopic (exact) mass is 1130 g/mol. The van der Waals surface area contributed by atoms with Gasteiger partial charge in [0.2, 0.25) is 6.41 Å². The van der Waals surface area contributed by atoms with Gasteiger partial charge in [-0.2, -0.15) is 0 Å². The van der Waals surface area contributed by atoms with Crippen molar-refractivity contribution in [1.29, 1.82) is 0 Å². The Hall–Kier alpha value is -6.81. The molecular formula is C62H90N6O13. The lowest BCUT2D eigenvalue weighted by Crippen LogP contribution is -2.38. The molecule has 0 radical (unpaired) electrons. The highest BCUT2D eigenvalue weighted by Gasteiger charge is 2.19. The number of ether oxygens (including phenoxy) is 4. The van der Waals surface area contributed by atoms with Crippen LogP contribution in [0.5, 0.6) is 28.7 Å². The topological polar surface area (TPSA) is 264 Å². The lowest BCUT2D eigenvalue weighted by Gasteiger charge is -2.23. The molecule has 4 atom stereocenters. The maximum atomic E-state index is 11.8. The molecule has 81 heavy (non-hydrogen) atoms. The SMILES string of the molecule is CN(C)C(=O)Oc1cc(OC(=O)N(C)C)cc(C(O)CNC(C)(C)C)c1.COc1ccc(C[C@@H](C)NC[C@H](O)c2ccc(O)c(NC=O)c2)cc1.OCc1cc(C(O)CNCCCCCCOCCCCc2ccccc2)ccc1O. The van der Waals surface area contributed by atoms with Gasteiger partial charge in [-0.15, -0.1) is 0 Å². The summed E-state index contributed by atoms with van der Waals surface area (Å²) in [4.78, 5) is 36.7. The number of aliphatic hydroxyl groups is 4. The Kier molecular flexibility index (Phi) is 31.5. The molecule has 0 bridgehead atoms. The first-order valence-corrected chi connectivity index (χ1v) is 27.5. The summed E-state index contributed by atoms with van der Waals surface area (Å²) in [5.74, 6) is 1.20. The van der Waals surface area contributed by atoms with Gasteiger partial charge in [0.1, 0.15) is 28.7 Å². The standard InChI is InChI=1S/C25H37NO4.C19H24N2O4.C18H29N3O5/c27-20-23-18-22(13-14-24(23)28)25(29)19-26-15-7-1-2-8-16-30-17-9-6-12-21-10-4-3-5-11-21;1-13(9-14-3-6-16(25-2)7-4-14)20-11-19(24)15-5-8-18(23)17(10-15)21-12-22;1-18(2,3)19-11-15(22)12-8-13(25-16(23)20(4)5)10-14(9-12)26-17(24)21(6)7/h3-5,10-11,13-14,18,25-29H,1-2,6-9,12,15-17,19-20H2;3-8,10,12-13,19-20,23-24H,9,11H2,1-2H3,(H,21,22);8-10,15,19,22H,11H2,1-7H3/t;13-,19+;/m.1./s1. The summed E-state index contributed by atoms with van der Waals surface area (Å²) < 4.78 is 21.4. The molecule has 0 aliphatic carbocycles. The third-order valence-corrected chi connectivity index (χ3v) is 12.5. The van der Waals surface area contributed by atoms with Crippen molar-refractivity contribution in [3.05, 3.63) is 143 Å². The Morgan fingerprint density at radius 3 is 1.78 bits per heavy atom. The van der Waals surface area contributed by atoms with Gasteiger partial charge in [-0.25, -0.2) is 9.59 Å². The van der Waals surface area contributed by atoms with E-state index in [1.807, 2.05) is 52.0 Å². The van der Waals surface area contributed by atoms with Gasteiger partial charge < -0.3 is 80.7 Å². The van der Waals surface area contributed by atoms with E-state index in [-0.39, 0.29) is 53.4 Å². The molecule has 10 N–H and O–H groups in total. The van der Waals surface area contributed by atoms with Gasteiger partial charge in [-0.3, -0.25) is 4.79 Å². The molecule has 5 rings (SSSR count). The van der Waals surface area contributed by atoms with Crippen LogP contribution in [0.4, 0.5) is 15.3 Å². The van der Waals surface area contributed by atoms with Crippen LogP contribution in [0.25, 0.3) is 0 Å². The zero-order valence-corrected chi connectivity index (χ0v) is 48.8. The van der Waals surface area contributed by atoms with Crippen molar-refractivity contribution in [3.8, 4) is 28.7 Å². The number of aryl methyl sites for hydroxylation is 1. The minimum Gasteiger partial charge on any atom is -0.508 e. The number of benzene rings is 5. The summed E-state index contributed by atoms with van der Waals surface area (Å²) in [5.41, 5.74) is 4.90. The number of aliphatic hydroxyl groups excluding tert-OH is 4. The number of methoxy groups -OCH3 is 1. The third-order valence-electron chi connectivity index (χ3n) is 12.5. The summed E-state index contributed by atoms with van der Waals surface area (Å²) in [5, 5.41) is 71.6. The maximum absolute atomic E-state index is 11.8. The average Bonchev–Trinajstić information content (AvgIpc) is 3.44. The van der Waals surface area contributed by atoms with E-state index in [9.17, 15) is 45.0 Å². The number of aromatic hydroxyl groups is 2. The Morgan fingerprint density at radius 1 is 0.630 bits per heavy atom. The van der Waals surface area contributed by atoms with Crippen LogP contribution in [0.2, 0.25) is 0 Å². The molecular weight excluding hydrogens is 1040 g/mol. The van der Waals surface area contributed by atoms with E-state index < -0.39 is 30.5 Å². The number of rotatable bonds is 30. The average molecular weight is 1130 g/mol. The van der Waals surface area contributed by atoms with Crippen LogP contribution in [-0.2, 0) is 29.0 Å². The van der Waals surface area contributed by atoms with Gasteiger partial charge in [0.25, 0.3) is 0 Å². The van der Waals surface area contributed by atoms with Crippen LogP contribution in [-0.4, -0.2) is 145 Å². The van der Waals surface area contributed by atoms with Crippen LogP contribution < -0.4 is 35.5 Å². The second-order valence-corrected chi connectivity index (χ2v) is 21.1. The van der Waals surface area contributed by atoms with Gasteiger partial charge in [-0.1, -0.05) is 67.4 Å². The van der Waals surface area contributed by atoms with Crippen molar-refractivity contribution < 1.29 is 64.0 Å². The number of amides is 3. The van der Waals surface area contributed by atoms with Crippen molar-refractivity contribution in [1.82, 2.24) is 25.8 Å². The van der Waals surface area contributed by atoms with Gasteiger partial charge in [-0.05, 0) is 149 Å². The zero-order valence-electron chi connectivity index (χ0n) is 48.8. The Balaban J connectivity index is 0.000000321. The van der Waals surface area contributed by atoms with Crippen molar-refractivity contribution >= 4 is 24.3 Å². The largest absolute Gasteiger partial charge is 0.508 e. The predicted molar refractivity (Wildman–Crippen MR) is 316 cm³/mol. The Morgan fingerprint density at radius 2 is 1.20 bits per heavy atom. The minimum absolute atomic E-state index is 0.0381. The molecule has 19 nitrogen and oxygen atoms in total. The molecule has 0 aromatic heterocycles. The molecule has 5 aromatic rings. The van der Waals surface area contributed by atoms with E-state index in [1.165, 1.54) is 45.5 Å². The molecule has 0 heterocycles. The second-order valence-electron chi connectivity index (χ2n) is 21.1. The van der Waals surface area contributed by atoms with E-state index in [0.717, 1.165) is 70.5 Å². The highest BCUT2D eigenvalue weighted by Crippen LogP contribution is 2.29. The van der Waals surface area contributed by atoms with Crippen LogP contribution in [0.3, 0.4) is 0 Å². The summed E-state index contributed by atoms with van der Waals surface area (Å²) in [6.45, 7) is 11.4. The molecule has 3 amide bonds. The van der Waals surface area contributed by atoms with Crippen molar-refractivity contribution in [3.63, 3.8) is 0 Å². The molecule has 5 aromatic carbocycles. The number of nitrogens with one attached hydrogen (secondary N) is 4. The first-order chi connectivity index (χ1) is 38.6. The van der Waals surface area contributed by atoms with Crippen LogP contribution >= 0.6 is 0 Å². The van der Waals surface area contributed by atoms with E-state index in [4.69, 9.17) is 18.9 Å². The molecule has 0 aliphatic heterocycles. The molecule has 0 saturated carbocycles. The maximum Gasteiger partial charge on any atom is 0.414 e. The van der Waals surface area contributed by atoms with Crippen LogP contribution in [0.1, 0.15) is 118 Å². The summed E-state index contributed by atoms with van der Waals surface area (Å²) in [7, 11) is 7.87. The first kappa shape index (κ1) is 68.5. The second kappa shape index (κ2) is 37.3. The van der Waals surface area contributed by atoms with Crippen molar-refractivity contribution in [2.45, 2.75) is 116 Å². The molecule has 0 aliphatic rings. The number of β-amino-alcohol motifs (C(OH)–C–C–N with tert-alkyl or cyclic N) is 1. The third kappa shape index (κ3) is 28.0. The van der Waals surface area contributed by atoms with Gasteiger partial charge in [0, 0.05) is 84.2 Å². The number of phenols is 2. The highest BCUT2D eigenvalue weighted by molar-refractivity contribution is 5.75. The number of anilines is 1. The normalized spacial score (nSPS) is 12.5.